The quantitative estimate of drug-likeness (QED) is 0.0430. The number of aliphatic hydroxyl groups is 5. The molecule has 2 aromatic rings. The van der Waals surface area contributed by atoms with Crippen molar-refractivity contribution < 1.29 is 90.2 Å². The van der Waals surface area contributed by atoms with E-state index in [9.17, 15) is 64.8 Å². The van der Waals surface area contributed by atoms with Crippen LogP contribution < -0.4 is 35.6 Å². The first-order valence-corrected chi connectivity index (χ1v) is 20.3. The van der Waals surface area contributed by atoms with Gasteiger partial charge in [0, 0.05) is 52.4 Å². The van der Waals surface area contributed by atoms with Gasteiger partial charge in [0.2, 0.25) is 0 Å². The van der Waals surface area contributed by atoms with Gasteiger partial charge in [-0.15, -0.1) is 0 Å². The summed E-state index contributed by atoms with van der Waals surface area (Å²) in [5.41, 5.74) is 0.526. The average Bonchev–Trinajstić information content (AvgIpc) is 3.12. The number of nitrogens with two attached hydrogens (primary N) is 1. The molecule has 0 saturated carbocycles. The van der Waals surface area contributed by atoms with Crippen LogP contribution in [-0.4, -0.2) is 178 Å². The van der Waals surface area contributed by atoms with Gasteiger partial charge in [-0.25, -0.2) is 0 Å². The molecule has 0 heterocycles. The number of aliphatic carboxylic acids is 5. The van der Waals surface area contributed by atoms with Crippen LogP contribution in [0.3, 0.4) is 0 Å². The number of hydrogen-bond donors (Lipinski definition) is 7. The Balaban J connectivity index is 0.00000206. The molecule has 8 N–H and O–H groups in total. The summed E-state index contributed by atoms with van der Waals surface area (Å²) in [5.74, 6) is -6.85. The van der Waals surface area contributed by atoms with Gasteiger partial charge in [0.1, 0.15) is 42.5 Å². The molecule has 0 aliphatic heterocycles. The second-order valence-electron chi connectivity index (χ2n) is 12.5. The summed E-state index contributed by atoms with van der Waals surface area (Å²) in [4.78, 5) is 60.2. The molecule has 334 valence electrons. The van der Waals surface area contributed by atoms with Crippen molar-refractivity contribution in [2.45, 2.75) is 44.3 Å². The molecule has 21 nitrogen and oxygen atoms in total. The van der Waals surface area contributed by atoms with Crippen LogP contribution in [0.15, 0.2) is 30.3 Å². The number of aliphatic hydroxyl groups excluding tert-OH is 5. The molecule has 59 heavy (non-hydrogen) atoms. The molecule has 0 aromatic heterocycles. The van der Waals surface area contributed by atoms with Gasteiger partial charge in [0.25, 0.3) is 0 Å². The highest BCUT2D eigenvalue weighted by atomic mass is 127. The number of aromatic hydroxyl groups is 1. The van der Waals surface area contributed by atoms with Gasteiger partial charge in [0.05, 0.1) is 60.3 Å². The number of phenols is 1. The molecular weight excluding hydrogens is 1130 g/mol. The predicted octanol–water partition coefficient (Wildman–Crippen LogP) is -8.18. The van der Waals surface area contributed by atoms with Gasteiger partial charge < -0.3 is 90.2 Å². The number of rotatable bonds is 26. The molecule has 2 aromatic carbocycles. The van der Waals surface area contributed by atoms with Gasteiger partial charge in [0.15, 0.2) is 5.75 Å². The lowest BCUT2D eigenvalue weighted by atomic mass is 10.0. The van der Waals surface area contributed by atoms with Crippen LogP contribution in [0, 0.1) is 10.7 Å². The number of carboxylic acid groups (broad SMARTS) is 5. The fraction of sp³-hybridized carbons (Fsp3) is 0.514. The molecule has 0 unspecified atom stereocenters. The van der Waals surface area contributed by atoms with Crippen molar-refractivity contribution in [1.82, 2.24) is 14.7 Å². The molecule has 0 amide bonds. The van der Waals surface area contributed by atoms with E-state index in [2.05, 4.69) is 0 Å². The first kappa shape index (κ1) is 56.2. The van der Waals surface area contributed by atoms with Gasteiger partial charge in [-0.3, -0.25) is 14.7 Å². The fourth-order valence-electron chi connectivity index (χ4n) is 5.15. The van der Waals surface area contributed by atoms with Crippen LogP contribution in [0.1, 0.15) is 13.0 Å². The number of ether oxygens (including phenoxy) is 1. The maximum Gasteiger partial charge on any atom is 0.154 e. The number of hydrogen-bond acceptors (Lipinski definition) is 20. The van der Waals surface area contributed by atoms with E-state index < -0.39 is 93.1 Å². The first-order valence-electron chi connectivity index (χ1n) is 17.0. The van der Waals surface area contributed by atoms with Gasteiger partial charge in [-0.05, 0) is 110 Å². The standard InChI is InChI=1S/C27H30I3N3O12.C7H17NO5.CH4/c28-17-10-16(1-2-21(17)34)45-26-18(29)7-15(8-19(26)30)9-20(27(43)44)33(5-3-31(11-22(35)36)12-23(37)38)6-4-32(13-24(39)40)14-25(41)42;1-8-2-4(10)6(12)7(13)5(11)3-9;/h1-2,7-8,10,20,34H,3-6,9,11-14H2,(H,35,36)(H,37,38)(H,39,40)(H,41,42)(H,43,44);4-13H,2-3H2,1H3;1H4/p-4/t20-;4-,5+,6+,7+;/m00./s1. The Kier molecular flexibility index (Phi) is 27.3. The molecular formula is C35H47I3N4O17-4. The second kappa shape index (κ2) is 28.7. The number of carbonyl (C=O) groups excluding carboxylic acids is 5. The van der Waals surface area contributed by atoms with Crippen LogP contribution in [0.2, 0.25) is 0 Å². The molecule has 0 radical (unpaired) electrons. The van der Waals surface area contributed by atoms with E-state index in [0.29, 0.717) is 27.8 Å². The summed E-state index contributed by atoms with van der Waals surface area (Å²) in [6, 6.07) is 6.64. The van der Waals surface area contributed by atoms with E-state index in [4.69, 9.17) is 20.1 Å². The topological polar surface area (TPSA) is 358 Å². The van der Waals surface area contributed by atoms with Gasteiger partial charge >= 0.3 is 0 Å². The highest BCUT2D eigenvalue weighted by molar-refractivity contribution is 14.1. The highest BCUT2D eigenvalue weighted by Crippen LogP contribution is 2.35. The lowest BCUT2D eigenvalue weighted by Crippen LogP contribution is -2.83. The Morgan fingerprint density at radius 1 is 0.712 bits per heavy atom. The second-order valence-corrected chi connectivity index (χ2v) is 16.0. The van der Waals surface area contributed by atoms with Crippen molar-refractivity contribution in [2.24, 2.45) is 0 Å². The zero-order chi connectivity index (χ0) is 44.3. The molecule has 0 fully saturated rings. The predicted molar refractivity (Wildman–Crippen MR) is 220 cm³/mol. The normalized spacial score (nSPS) is 13.7. The molecule has 0 saturated heterocycles. The highest BCUT2D eigenvalue weighted by Gasteiger charge is 2.30. The number of quaternary nitrogens is 1. The minimum absolute atomic E-state index is 0. The Morgan fingerprint density at radius 3 is 1.53 bits per heavy atom. The SMILES string of the molecule is C.C[NH2+]C[C@H](O)[C@@H](O)[C@H](O)[C@H](O)CO.O=C([O-])CN(CCN(CCN(CC(=O)[O-])CC(=O)[O-])[C@@H](Cc1cc(I)c(Oc2ccc(O)c(I)c2)c(I)c1)C(=O)[O-])CC(=O)[O-]. The number of nitrogens with zero attached hydrogens (tertiary/aromatic N) is 3. The van der Waals surface area contributed by atoms with Crippen molar-refractivity contribution in [1.29, 1.82) is 0 Å². The Labute approximate surface area is 380 Å². The molecule has 0 bridgehead atoms. The molecule has 2 rings (SSSR count). The zero-order valence-corrected chi connectivity index (χ0v) is 37.3. The molecule has 0 spiro atoms. The van der Waals surface area contributed by atoms with Crippen LogP contribution in [0.25, 0.3) is 0 Å². The van der Waals surface area contributed by atoms with Crippen molar-refractivity contribution in [2.75, 3.05) is 72.6 Å². The van der Waals surface area contributed by atoms with E-state index >= 15 is 0 Å². The molecule has 0 aliphatic rings. The molecule has 24 heteroatoms. The number of benzene rings is 2. The monoisotopic (exact) mass is 1180 g/mol. The smallest absolute Gasteiger partial charge is 0.154 e. The summed E-state index contributed by atoms with van der Waals surface area (Å²) in [6.45, 7) is -4.64. The third-order valence-corrected chi connectivity index (χ3v) is 10.4. The van der Waals surface area contributed by atoms with Crippen molar-refractivity contribution in [3.05, 3.63) is 46.6 Å². The summed E-state index contributed by atoms with van der Waals surface area (Å²) in [6.07, 6.45) is -5.69. The van der Waals surface area contributed by atoms with Crippen LogP contribution in [0.5, 0.6) is 17.2 Å². The van der Waals surface area contributed by atoms with E-state index in [1.165, 1.54) is 11.0 Å². The summed E-state index contributed by atoms with van der Waals surface area (Å²) >= 11 is 5.98. The molecule has 0 aliphatic carbocycles. The first-order chi connectivity index (χ1) is 27.1. The van der Waals surface area contributed by atoms with Crippen LogP contribution >= 0.6 is 67.8 Å². The number of carbonyl (C=O) groups is 5. The third kappa shape index (κ3) is 21.5. The average molecular weight is 1180 g/mol. The van der Waals surface area contributed by atoms with Crippen molar-refractivity contribution >= 4 is 97.6 Å². The third-order valence-electron chi connectivity index (χ3n) is 7.96. The summed E-state index contributed by atoms with van der Waals surface area (Å²) in [5, 5.41) is 113. The van der Waals surface area contributed by atoms with E-state index in [1.807, 2.05) is 67.8 Å². The minimum atomic E-state index is -1.58. The number of carboxylic acids is 5. The van der Waals surface area contributed by atoms with Crippen LogP contribution in [-0.2, 0) is 30.4 Å². The van der Waals surface area contributed by atoms with E-state index in [1.54, 1.807) is 36.6 Å². The van der Waals surface area contributed by atoms with Gasteiger partial charge in [-0.1, -0.05) is 7.43 Å². The Bertz CT molecular complexity index is 1580. The number of halogens is 3. The maximum absolute atomic E-state index is 12.4. The maximum atomic E-state index is 12.4. The minimum Gasteiger partial charge on any atom is -0.549 e. The van der Waals surface area contributed by atoms with E-state index in [-0.39, 0.29) is 52.3 Å². The fourth-order valence-corrected chi connectivity index (χ4v) is 7.75. The summed E-state index contributed by atoms with van der Waals surface area (Å²) in [7, 11) is 1.70. The Hall–Kier alpha value is -2.78. The number of likely N-dealkylation sites (N-methyl/N-ethyl adjacent to an activating group) is 1. The lowest BCUT2D eigenvalue weighted by Gasteiger charge is -2.36. The van der Waals surface area contributed by atoms with Crippen LogP contribution in [0.4, 0.5) is 0 Å². The largest absolute Gasteiger partial charge is 0.549 e. The lowest BCUT2D eigenvalue weighted by molar-refractivity contribution is -0.635. The Morgan fingerprint density at radius 2 is 1.15 bits per heavy atom. The van der Waals surface area contributed by atoms with E-state index in [0.717, 1.165) is 9.80 Å². The van der Waals surface area contributed by atoms with Crippen molar-refractivity contribution in [3.8, 4) is 17.2 Å². The van der Waals surface area contributed by atoms with Gasteiger partial charge in [-0.2, -0.15) is 0 Å². The van der Waals surface area contributed by atoms with Crippen molar-refractivity contribution in [3.63, 3.8) is 0 Å². The zero-order valence-electron chi connectivity index (χ0n) is 30.8. The number of phenolic OH excluding ortho intramolecular Hbond substituents is 1. The summed E-state index contributed by atoms with van der Waals surface area (Å²) < 4.78 is 7.79. The molecule has 5 atom stereocenters.